The summed E-state index contributed by atoms with van der Waals surface area (Å²) in [6.07, 6.45) is 2.09. The zero-order chi connectivity index (χ0) is 28.8. The topological polar surface area (TPSA) is 146 Å². The average Bonchev–Trinajstić information content (AvgIpc) is 3.52. The Morgan fingerprint density at radius 2 is 1.79 bits per heavy atom. The van der Waals surface area contributed by atoms with Crippen molar-refractivity contribution in [2.75, 3.05) is 0 Å². The number of fused-ring (bicyclic) bond motifs is 1. The molecule has 11 heteroatoms. The third-order valence-corrected chi connectivity index (χ3v) is 7.36. The smallest absolute Gasteiger partial charge is 0.454 e. The van der Waals surface area contributed by atoms with Crippen molar-refractivity contribution in [3.63, 3.8) is 0 Å². The van der Waals surface area contributed by atoms with Gasteiger partial charge in [-0.25, -0.2) is 19.4 Å². The highest BCUT2D eigenvalue weighted by atomic mass is 16.6. The fourth-order valence-corrected chi connectivity index (χ4v) is 5.16. The lowest BCUT2D eigenvalue weighted by Crippen LogP contribution is -2.10. The van der Waals surface area contributed by atoms with Crippen molar-refractivity contribution in [1.82, 2.24) is 19.7 Å². The van der Waals surface area contributed by atoms with Crippen molar-refractivity contribution in [2.24, 2.45) is 0 Å². The Kier molecular flexibility index (Phi) is 6.19. The molecule has 1 aliphatic rings. The number of nitrogens with one attached hydrogen (secondary N) is 1. The van der Waals surface area contributed by atoms with E-state index in [9.17, 15) is 14.4 Å². The van der Waals surface area contributed by atoms with Crippen LogP contribution in [-0.2, 0) is 17.9 Å². The first-order chi connectivity index (χ1) is 20.4. The third kappa shape index (κ3) is 4.74. The monoisotopic (exact) mass is 564 g/mol. The third-order valence-electron chi connectivity index (χ3n) is 7.36. The number of carbonyl (C=O) groups is 1. The molecule has 0 atom stereocenters. The Morgan fingerprint density at radius 1 is 1.00 bits per heavy atom. The maximum atomic E-state index is 13.3. The number of aromatic amines is 1. The minimum atomic E-state index is -0.838. The molecular formula is C31H24N4O7. The summed E-state index contributed by atoms with van der Waals surface area (Å²) in [4.78, 5) is 43.7. The summed E-state index contributed by atoms with van der Waals surface area (Å²) in [5, 5.41) is 3.84. The summed E-state index contributed by atoms with van der Waals surface area (Å²) < 4.78 is 22.1. The molecule has 1 fully saturated rings. The molecule has 0 radical (unpaired) electrons. The van der Waals surface area contributed by atoms with E-state index in [1.807, 2.05) is 54.6 Å². The number of imidazole rings is 1. The Hall–Kier alpha value is -5.45. The Bertz CT molecular complexity index is 2060. The van der Waals surface area contributed by atoms with E-state index in [0.717, 1.165) is 40.9 Å². The van der Waals surface area contributed by atoms with E-state index in [1.165, 1.54) is 0 Å². The molecule has 11 nitrogen and oxygen atoms in total. The number of aryl methyl sites for hydroxylation is 1. The second-order valence-corrected chi connectivity index (χ2v) is 10.2. The minimum Gasteiger partial charge on any atom is -0.454 e. The predicted octanol–water partition coefficient (Wildman–Crippen LogP) is 5.18. The van der Waals surface area contributed by atoms with Crippen molar-refractivity contribution >= 4 is 17.0 Å². The van der Waals surface area contributed by atoms with Crippen molar-refractivity contribution in [2.45, 2.75) is 38.8 Å². The highest BCUT2D eigenvalue weighted by Crippen LogP contribution is 2.41. The number of nitrogens with zero attached hydrogens (tertiary/aromatic N) is 3. The van der Waals surface area contributed by atoms with Gasteiger partial charge in [0.25, 0.3) is 0 Å². The Balaban J connectivity index is 1.21. The molecule has 0 saturated heterocycles. The van der Waals surface area contributed by atoms with E-state index in [1.54, 1.807) is 19.1 Å². The van der Waals surface area contributed by atoms with Crippen LogP contribution in [0.3, 0.4) is 0 Å². The first kappa shape index (κ1) is 25.5. The summed E-state index contributed by atoms with van der Waals surface area (Å²) in [6, 6.07) is 21.1. The molecule has 7 rings (SSSR count). The second-order valence-electron chi connectivity index (χ2n) is 10.2. The molecular weight excluding hydrogens is 540 g/mol. The highest BCUT2D eigenvalue weighted by molar-refractivity contribution is 6.02. The number of esters is 1. The lowest BCUT2D eigenvalue weighted by molar-refractivity contribution is 0.0444. The van der Waals surface area contributed by atoms with Crippen molar-refractivity contribution < 1.29 is 22.9 Å². The first-order valence-electron chi connectivity index (χ1n) is 13.4. The Morgan fingerprint density at radius 3 is 2.48 bits per heavy atom. The molecule has 3 aromatic heterocycles. The van der Waals surface area contributed by atoms with Crippen LogP contribution >= 0.6 is 0 Å². The van der Waals surface area contributed by atoms with Crippen molar-refractivity contribution in [1.29, 1.82) is 0 Å². The van der Waals surface area contributed by atoms with Crippen LogP contribution in [0.2, 0.25) is 0 Å². The highest BCUT2D eigenvalue weighted by Gasteiger charge is 2.31. The molecule has 0 aliphatic heterocycles. The number of carbonyl (C=O) groups excluding carboxylic acids is 1. The number of aromatic nitrogens is 4. The van der Waals surface area contributed by atoms with Crippen molar-refractivity contribution in [3.8, 4) is 22.5 Å². The molecule has 1 aliphatic carbocycles. The molecule has 210 valence electrons. The van der Waals surface area contributed by atoms with Crippen LogP contribution in [0.1, 0.15) is 52.0 Å². The van der Waals surface area contributed by atoms with Gasteiger partial charge in [0, 0.05) is 18.0 Å². The van der Waals surface area contributed by atoms with Crippen LogP contribution in [0.5, 0.6) is 0 Å². The van der Waals surface area contributed by atoms with Gasteiger partial charge in [-0.05, 0) is 48.6 Å². The summed E-state index contributed by atoms with van der Waals surface area (Å²) in [6.45, 7) is 1.85. The van der Waals surface area contributed by atoms with Gasteiger partial charge in [-0.2, -0.15) is 0 Å². The number of ether oxygens (including phenoxy) is 1. The number of para-hydroxylation sites is 1. The van der Waals surface area contributed by atoms with Gasteiger partial charge in [0.2, 0.25) is 0 Å². The molecule has 0 unspecified atom stereocenters. The summed E-state index contributed by atoms with van der Waals surface area (Å²) in [5.41, 5.74) is 5.40. The van der Waals surface area contributed by atoms with Gasteiger partial charge in [0.15, 0.2) is 24.0 Å². The molecule has 1 saturated carbocycles. The molecule has 1 N–H and O–H groups in total. The quantitative estimate of drug-likeness (QED) is 0.247. The number of hydrogen-bond donors (Lipinski definition) is 1. The molecule has 0 amide bonds. The van der Waals surface area contributed by atoms with Crippen LogP contribution in [0.15, 0.2) is 89.7 Å². The van der Waals surface area contributed by atoms with E-state index in [0.29, 0.717) is 34.9 Å². The predicted molar refractivity (Wildman–Crippen MR) is 150 cm³/mol. The first-order valence-corrected chi connectivity index (χ1v) is 13.4. The van der Waals surface area contributed by atoms with Gasteiger partial charge in [0.05, 0.1) is 16.6 Å². The van der Waals surface area contributed by atoms with Gasteiger partial charge < -0.3 is 18.1 Å². The van der Waals surface area contributed by atoms with Gasteiger partial charge >= 0.3 is 17.5 Å². The molecule has 0 spiro atoms. The summed E-state index contributed by atoms with van der Waals surface area (Å²) >= 11 is 0. The van der Waals surface area contributed by atoms with Gasteiger partial charge in [-0.3, -0.25) is 9.51 Å². The largest absolute Gasteiger partial charge is 0.519 e. The summed E-state index contributed by atoms with van der Waals surface area (Å²) in [7, 11) is 0. The zero-order valence-corrected chi connectivity index (χ0v) is 22.5. The molecule has 6 aromatic rings. The number of benzene rings is 3. The molecule has 42 heavy (non-hydrogen) atoms. The second kappa shape index (κ2) is 10.2. The van der Waals surface area contributed by atoms with E-state index in [4.69, 9.17) is 23.1 Å². The van der Waals surface area contributed by atoms with Crippen LogP contribution < -0.4 is 11.6 Å². The van der Waals surface area contributed by atoms with E-state index >= 15 is 0 Å². The number of rotatable bonds is 8. The Labute approximate surface area is 237 Å². The van der Waals surface area contributed by atoms with Gasteiger partial charge in [-0.15, -0.1) is 0 Å². The SMILES string of the molecule is Cc1oc(=O)oc1COC(=O)c1cccc2nc(C3CC3)n(Cc3ccc(-c4ccccc4-c4noc(=O)[nH]4)cc3)c12. The van der Waals surface area contributed by atoms with E-state index < -0.39 is 17.5 Å². The van der Waals surface area contributed by atoms with Crippen LogP contribution in [0.25, 0.3) is 33.5 Å². The van der Waals surface area contributed by atoms with Crippen molar-refractivity contribution in [3.05, 3.63) is 116 Å². The fourth-order valence-electron chi connectivity index (χ4n) is 5.16. The summed E-state index contributed by atoms with van der Waals surface area (Å²) in [5.74, 6) is 0.0762. The lowest BCUT2D eigenvalue weighted by Gasteiger charge is -2.13. The lowest BCUT2D eigenvalue weighted by atomic mass is 9.98. The van der Waals surface area contributed by atoms with Gasteiger partial charge in [0.1, 0.15) is 5.82 Å². The van der Waals surface area contributed by atoms with Crippen LogP contribution in [0.4, 0.5) is 0 Å². The maximum Gasteiger partial charge on any atom is 0.519 e. The maximum absolute atomic E-state index is 13.3. The number of H-pyrrole nitrogens is 1. The molecule has 3 heterocycles. The minimum absolute atomic E-state index is 0.171. The van der Waals surface area contributed by atoms with E-state index in [2.05, 4.69) is 14.7 Å². The van der Waals surface area contributed by atoms with E-state index in [-0.39, 0.29) is 18.1 Å². The van der Waals surface area contributed by atoms with Crippen LogP contribution in [0, 0.1) is 6.92 Å². The fraction of sp³-hybridized carbons (Fsp3) is 0.194. The normalized spacial score (nSPS) is 13.1. The molecule has 3 aromatic carbocycles. The van der Waals surface area contributed by atoms with Crippen LogP contribution in [-0.4, -0.2) is 25.7 Å². The van der Waals surface area contributed by atoms with Gasteiger partial charge in [-0.1, -0.05) is 59.8 Å². The molecule has 0 bridgehead atoms. The average molecular weight is 565 g/mol. The standard InChI is InChI=1S/C31H24N4O7/c1-17-25(41-31(38)40-17)16-39-29(36)23-7-4-8-24-26(23)35(28(32-24)20-13-14-20)15-18-9-11-19(12-10-18)21-5-2-3-6-22(21)27-33-30(37)42-34-27/h2-12,20H,13-16H2,1H3,(H,33,34,37). The number of hydrogen-bond acceptors (Lipinski definition) is 9. The zero-order valence-electron chi connectivity index (χ0n) is 22.5.